The summed E-state index contributed by atoms with van der Waals surface area (Å²) in [5.41, 5.74) is -0.795. The molecule has 0 aromatic heterocycles. The lowest BCUT2D eigenvalue weighted by Crippen LogP contribution is -2.55. The Labute approximate surface area is 119 Å². The van der Waals surface area contributed by atoms with Crippen LogP contribution < -0.4 is 4.90 Å². The average Bonchev–Trinajstić information content (AvgIpc) is 2.51. The van der Waals surface area contributed by atoms with Crippen molar-refractivity contribution in [2.75, 3.05) is 31.1 Å². The van der Waals surface area contributed by atoms with E-state index < -0.39 is 34.8 Å². The Balaban J connectivity index is 1.94. The molecule has 0 aliphatic carbocycles. The summed E-state index contributed by atoms with van der Waals surface area (Å²) in [7, 11) is 0. The van der Waals surface area contributed by atoms with E-state index in [1.807, 2.05) is 0 Å². The summed E-state index contributed by atoms with van der Waals surface area (Å²) in [6, 6.07) is 0.113. The fourth-order valence-corrected chi connectivity index (χ4v) is 3.23. The maximum Gasteiger partial charge on any atom is 0.200 e. The Morgan fingerprint density at radius 1 is 0.714 bits per heavy atom. The number of nitrogens with zero attached hydrogens (tertiary/aromatic N) is 2. The Morgan fingerprint density at radius 2 is 1.33 bits per heavy atom. The highest BCUT2D eigenvalue weighted by molar-refractivity contribution is 5.51. The van der Waals surface area contributed by atoms with E-state index in [1.165, 1.54) is 4.90 Å². The molecule has 0 N–H and O–H groups in total. The molecule has 2 aliphatic heterocycles. The third-order valence-electron chi connectivity index (χ3n) is 4.34. The van der Waals surface area contributed by atoms with E-state index in [2.05, 4.69) is 4.90 Å². The summed E-state index contributed by atoms with van der Waals surface area (Å²) >= 11 is 0. The molecule has 2 fully saturated rings. The quantitative estimate of drug-likeness (QED) is 0.447. The van der Waals surface area contributed by atoms with E-state index in [1.54, 1.807) is 0 Å². The second-order valence-electron chi connectivity index (χ2n) is 5.55. The van der Waals surface area contributed by atoms with Crippen molar-refractivity contribution < 1.29 is 22.0 Å². The molecule has 0 saturated carbocycles. The summed E-state index contributed by atoms with van der Waals surface area (Å²) in [5, 5.41) is 0. The molecule has 2 nitrogen and oxygen atoms in total. The first kappa shape index (κ1) is 14.6. The third-order valence-corrected chi connectivity index (χ3v) is 4.34. The molecule has 1 unspecified atom stereocenters. The molecule has 3 rings (SSSR count). The topological polar surface area (TPSA) is 6.48 Å². The van der Waals surface area contributed by atoms with Crippen molar-refractivity contribution in [2.45, 2.75) is 25.3 Å². The molecule has 0 amide bonds. The van der Waals surface area contributed by atoms with Crippen molar-refractivity contribution >= 4 is 5.69 Å². The van der Waals surface area contributed by atoms with Crippen molar-refractivity contribution in [1.82, 2.24) is 4.90 Å². The van der Waals surface area contributed by atoms with Gasteiger partial charge in [0.25, 0.3) is 0 Å². The highest BCUT2D eigenvalue weighted by Crippen LogP contribution is 2.32. The Bertz CT molecular complexity index is 534. The van der Waals surface area contributed by atoms with E-state index in [0.29, 0.717) is 13.1 Å². The van der Waals surface area contributed by atoms with Crippen LogP contribution in [0.5, 0.6) is 0 Å². The first-order chi connectivity index (χ1) is 10.0. The second kappa shape index (κ2) is 5.44. The molecule has 21 heavy (non-hydrogen) atoms. The molecule has 1 atom stereocenters. The van der Waals surface area contributed by atoms with E-state index in [0.717, 1.165) is 25.8 Å². The van der Waals surface area contributed by atoms with E-state index >= 15 is 0 Å². The van der Waals surface area contributed by atoms with Crippen LogP contribution in [-0.2, 0) is 0 Å². The van der Waals surface area contributed by atoms with Crippen LogP contribution in [0.3, 0.4) is 0 Å². The minimum atomic E-state index is -2.11. The molecule has 1 aromatic rings. The lowest BCUT2D eigenvalue weighted by Gasteiger charge is -2.44. The highest BCUT2D eigenvalue weighted by atomic mass is 19.2. The molecule has 1 aromatic carbocycles. The maximum atomic E-state index is 13.8. The Morgan fingerprint density at radius 3 is 2.00 bits per heavy atom. The number of hydrogen-bond donors (Lipinski definition) is 0. The maximum absolute atomic E-state index is 13.8. The van der Waals surface area contributed by atoms with Gasteiger partial charge in [0.2, 0.25) is 5.82 Å². The van der Waals surface area contributed by atoms with Crippen LogP contribution >= 0.6 is 0 Å². The molecule has 0 radical (unpaired) electrons. The fraction of sp³-hybridized carbons (Fsp3) is 0.571. The van der Waals surface area contributed by atoms with Gasteiger partial charge in [-0.2, -0.15) is 0 Å². The van der Waals surface area contributed by atoms with Crippen LogP contribution in [0.15, 0.2) is 0 Å². The third kappa shape index (κ3) is 2.37. The average molecular weight is 306 g/mol. The predicted octanol–water partition coefficient (Wildman–Crippen LogP) is 3.06. The van der Waals surface area contributed by atoms with Gasteiger partial charge in [0.15, 0.2) is 23.3 Å². The van der Waals surface area contributed by atoms with Gasteiger partial charge >= 0.3 is 0 Å². The molecule has 7 heteroatoms. The van der Waals surface area contributed by atoms with Crippen molar-refractivity contribution in [3.05, 3.63) is 29.1 Å². The second-order valence-corrected chi connectivity index (χ2v) is 5.55. The molecular weight excluding hydrogens is 291 g/mol. The Hall–Kier alpha value is -1.37. The van der Waals surface area contributed by atoms with Gasteiger partial charge in [-0.3, -0.25) is 4.90 Å². The fourth-order valence-electron chi connectivity index (χ4n) is 3.23. The van der Waals surface area contributed by atoms with E-state index in [9.17, 15) is 22.0 Å². The van der Waals surface area contributed by atoms with E-state index in [4.69, 9.17) is 0 Å². The number of halogens is 5. The normalized spacial score (nSPS) is 23.3. The van der Waals surface area contributed by atoms with Crippen molar-refractivity contribution in [1.29, 1.82) is 0 Å². The molecule has 0 spiro atoms. The first-order valence-electron chi connectivity index (χ1n) is 7.01. The summed E-state index contributed by atoms with van der Waals surface area (Å²) in [6.07, 6.45) is 2.98. The predicted molar refractivity (Wildman–Crippen MR) is 67.7 cm³/mol. The smallest absolute Gasteiger partial charge is 0.200 e. The lowest BCUT2D eigenvalue weighted by atomic mass is 9.99. The number of hydrogen-bond acceptors (Lipinski definition) is 2. The summed E-state index contributed by atoms with van der Waals surface area (Å²) in [5.74, 6) is -9.35. The van der Waals surface area contributed by atoms with Gasteiger partial charge in [-0.05, 0) is 19.4 Å². The van der Waals surface area contributed by atoms with Crippen molar-refractivity contribution in [3.8, 4) is 0 Å². The van der Waals surface area contributed by atoms with Gasteiger partial charge < -0.3 is 4.90 Å². The molecule has 116 valence electrons. The van der Waals surface area contributed by atoms with Gasteiger partial charge in [-0.1, -0.05) is 6.42 Å². The van der Waals surface area contributed by atoms with Crippen LogP contribution in [0, 0.1) is 29.1 Å². The van der Waals surface area contributed by atoms with Crippen LogP contribution in [0.2, 0.25) is 0 Å². The zero-order valence-electron chi connectivity index (χ0n) is 11.3. The van der Waals surface area contributed by atoms with Crippen molar-refractivity contribution in [2.24, 2.45) is 0 Å². The van der Waals surface area contributed by atoms with Gasteiger partial charge in [0.1, 0.15) is 5.69 Å². The number of rotatable bonds is 1. The van der Waals surface area contributed by atoms with Gasteiger partial charge in [0.05, 0.1) is 0 Å². The number of fused-ring (bicyclic) bond motifs is 1. The lowest BCUT2D eigenvalue weighted by molar-refractivity contribution is 0.132. The van der Waals surface area contributed by atoms with Gasteiger partial charge in [-0.25, -0.2) is 22.0 Å². The Kier molecular flexibility index (Phi) is 3.77. The first-order valence-corrected chi connectivity index (χ1v) is 7.01. The molecule has 2 saturated heterocycles. The number of piperazine rings is 1. The van der Waals surface area contributed by atoms with E-state index in [-0.39, 0.29) is 12.6 Å². The monoisotopic (exact) mass is 306 g/mol. The highest BCUT2D eigenvalue weighted by Gasteiger charge is 2.34. The summed E-state index contributed by atoms with van der Waals surface area (Å²) in [4.78, 5) is 3.49. The minimum Gasteiger partial charge on any atom is -0.364 e. The number of piperidine rings is 1. The summed E-state index contributed by atoms with van der Waals surface area (Å²) < 4.78 is 67.3. The molecule has 0 bridgehead atoms. The standard InChI is InChI=1S/C14H15F5N2/c15-9-10(16)12(18)14(13(19)11(9)17)21-6-5-20-4-2-1-3-8(20)7-21/h8H,1-7H2. The van der Waals surface area contributed by atoms with Crippen LogP contribution in [0.25, 0.3) is 0 Å². The number of benzene rings is 1. The van der Waals surface area contributed by atoms with Crippen LogP contribution in [-0.4, -0.2) is 37.1 Å². The molecule has 2 aliphatic rings. The largest absolute Gasteiger partial charge is 0.364 e. The van der Waals surface area contributed by atoms with Crippen molar-refractivity contribution in [3.63, 3.8) is 0 Å². The molecule has 2 heterocycles. The molecular formula is C14H15F5N2. The van der Waals surface area contributed by atoms with Crippen LogP contribution in [0.1, 0.15) is 19.3 Å². The zero-order valence-corrected chi connectivity index (χ0v) is 11.3. The van der Waals surface area contributed by atoms with Crippen LogP contribution in [0.4, 0.5) is 27.6 Å². The SMILES string of the molecule is Fc1c(F)c(F)c(N2CCN3CCCCC3C2)c(F)c1F. The number of anilines is 1. The minimum absolute atomic E-state index is 0.113. The van der Waals surface area contributed by atoms with Gasteiger partial charge in [0, 0.05) is 25.7 Å². The van der Waals surface area contributed by atoms with Gasteiger partial charge in [-0.15, -0.1) is 0 Å². The summed E-state index contributed by atoms with van der Waals surface area (Å²) in [6.45, 7) is 2.05. The zero-order chi connectivity index (χ0) is 15.1.